The van der Waals surface area contributed by atoms with Crippen LogP contribution < -0.4 is 0 Å². The molecule has 1 heteroatoms. The van der Waals surface area contributed by atoms with Gasteiger partial charge in [-0.15, -0.1) is 0 Å². The van der Waals surface area contributed by atoms with Crippen molar-refractivity contribution in [2.45, 2.75) is 12.8 Å². The summed E-state index contributed by atoms with van der Waals surface area (Å²) in [7, 11) is 0. The average Bonchev–Trinajstić information content (AvgIpc) is 2.62. The summed E-state index contributed by atoms with van der Waals surface area (Å²) in [5, 5.41) is 0. The van der Waals surface area contributed by atoms with Gasteiger partial charge < -0.3 is 0 Å². The molecule has 0 N–H and O–H groups in total. The minimum Gasteiger partial charge on any atom is -0.0842 e. The number of hydrogen-bond donors (Lipinski definition) is 0. The molecule has 0 aliphatic heterocycles. The van der Waals surface area contributed by atoms with Crippen LogP contribution in [0.4, 0.5) is 0 Å². The van der Waals surface area contributed by atoms with Gasteiger partial charge in [-0.05, 0) is 12.8 Å². The summed E-state index contributed by atoms with van der Waals surface area (Å²) >= 11 is 0. The zero-order valence-corrected chi connectivity index (χ0v) is 8.45. The molecule has 1 unspecified atom stereocenters. The molecule has 0 saturated carbocycles. The Morgan fingerprint density at radius 2 is 1.50 bits per heavy atom. The van der Waals surface area contributed by atoms with Crippen molar-refractivity contribution in [2.75, 3.05) is 0 Å². The van der Waals surface area contributed by atoms with Crippen LogP contribution in [-0.2, 0) is 19.5 Å². The normalized spacial score (nSPS) is 24.0. The molecule has 0 aromatic heterocycles. The Morgan fingerprint density at radius 1 is 0.833 bits per heavy atom. The van der Waals surface area contributed by atoms with Crippen molar-refractivity contribution >= 4 is 0 Å². The maximum Gasteiger partial charge on any atom is 0.0313 e. The van der Waals surface area contributed by atoms with Gasteiger partial charge in [0.25, 0.3) is 0 Å². The minimum atomic E-state index is 0. The molecule has 0 aromatic carbocycles. The molecule has 2 rings (SSSR count). The van der Waals surface area contributed by atoms with E-state index in [-0.39, 0.29) is 25.9 Å². The summed E-state index contributed by atoms with van der Waals surface area (Å²) < 4.78 is 7.13. The van der Waals surface area contributed by atoms with Crippen LogP contribution in [0.15, 0.2) is 48.6 Å². The van der Waals surface area contributed by atoms with Crippen LogP contribution in [0.5, 0.6) is 0 Å². The van der Waals surface area contributed by atoms with Gasteiger partial charge in [-0.3, -0.25) is 0 Å². The first-order valence-electron chi connectivity index (χ1n) is 4.39. The van der Waals surface area contributed by atoms with Gasteiger partial charge in [0.15, 0.2) is 0 Å². The van der Waals surface area contributed by atoms with Crippen molar-refractivity contribution < 1.29 is 20.8 Å². The summed E-state index contributed by atoms with van der Waals surface area (Å²) in [6.07, 6.45) is 18.7. The molecule has 66 valence electrons. The first-order valence-corrected chi connectivity index (χ1v) is 3.82. The van der Waals surface area contributed by atoms with Crippen LogP contribution >= 0.6 is 0 Å². The van der Waals surface area contributed by atoms with Crippen molar-refractivity contribution in [3.05, 3.63) is 55.0 Å². The van der Waals surface area contributed by atoms with Crippen molar-refractivity contribution in [1.82, 2.24) is 0 Å². The van der Waals surface area contributed by atoms with E-state index < -0.39 is 0 Å². The molecule has 2 aliphatic carbocycles. The van der Waals surface area contributed by atoms with Gasteiger partial charge in [-0.2, -0.15) is 0 Å². The molecule has 1 atom stereocenters. The van der Waals surface area contributed by atoms with Gasteiger partial charge in [-0.1, -0.05) is 48.6 Å². The van der Waals surface area contributed by atoms with Crippen LogP contribution in [0.2, 0.25) is 0 Å². The van der Waals surface area contributed by atoms with E-state index in [0.717, 1.165) is 6.42 Å². The topological polar surface area (TPSA) is 0 Å². The van der Waals surface area contributed by atoms with E-state index in [1.165, 1.54) is 0 Å². The Kier molecular flexibility index (Phi) is 6.99. The molecule has 0 fully saturated rings. The Morgan fingerprint density at radius 3 is 1.75 bits per heavy atom. The third-order valence-electron chi connectivity index (χ3n) is 1.32. The summed E-state index contributed by atoms with van der Waals surface area (Å²) in [5.41, 5.74) is 0. The van der Waals surface area contributed by atoms with E-state index in [4.69, 9.17) is 1.37 Å². The number of hydrogen-bond acceptors (Lipinski definition) is 0. The van der Waals surface area contributed by atoms with Crippen molar-refractivity contribution in [2.24, 2.45) is 0 Å². The molecule has 0 bridgehead atoms. The van der Waals surface area contributed by atoms with E-state index >= 15 is 0 Å². The molecule has 0 aromatic rings. The fourth-order valence-corrected chi connectivity index (χ4v) is 0.778. The van der Waals surface area contributed by atoms with Crippen LogP contribution in [0.1, 0.15) is 14.2 Å². The number of rotatable bonds is 0. The molecular formula is C11H13Rh. The Hall–Kier alpha value is -0.417. The third-order valence-corrected chi connectivity index (χ3v) is 1.32. The van der Waals surface area contributed by atoms with Crippen LogP contribution in [-0.4, -0.2) is 0 Å². The Bertz CT molecular complexity index is 216. The molecule has 2 radical (unpaired) electrons. The average molecular weight is 249 g/mol. The first-order chi connectivity index (χ1) is 5.89. The minimum absolute atomic E-state index is 0. The molecule has 0 heterocycles. The van der Waals surface area contributed by atoms with Gasteiger partial charge in [0.2, 0.25) is 0 Å². The van der Waals surface area contributed by atoms with E-state index in [1.807, 2.05) is 55.0 Å². The van der Waals surface area contributed by atoms with Crippen molar-refractivity contribution in [3.63, 3.8) is 0 Å². The second-order valence-electron chi connectivity index (χ2n) is 2.25. The quantitative estimate of drug-likeness (QED) is 0.578. The van der Waals surface area contributed by atoms with Gasteiger partial charge in [0.1, 0.15) is 0 Å². The maximum absolute atomic E-state index is 7.13. The van der Waals surface area contributed by atoms with E-state index in [0.29, 0.717) is 0 Å². The standard InChI is InChI=1S/C6H8.C5H5.Rh/c1-2-4-6-5-3-1;1-2-4-5-3-1;/h1-4H,5-6H2;1-5H;/i5D;;. The summed E-state index contributed by atoms with van der Waals surface area (Å²) in [4.78, 5) is 0. The van der Waals surface area contributed by atoms with E-state index in [2.05, 4.69) is 0 Å². The molecule has 0 amide bonds. The zero-order chi connectivity index (χ0) is 8.65. The van der Waals surface area contributed by atoms with Crippen LogP contribution in [0.25, 0.3) is 0 Å². The molecule has 0 nitrogen and oxygen atoms in total. The molecule has 0 saturated heterocycles. The molecule has 2 aliphatic rings. The van der Waals surface area contributed by atoms with Crippen LogP contribution in [0.3, 0.4) is 0 Å². The van der Waals surface area contributed by atoms with Gasteiger partial charge in [-0.25, -0.2) is 0 Å². The Labute approximate surface area is 88.9 Å². The molecule has 0 spiro atoms. The second kappa shape index (κ2) is 8.68. The van der Waals surface area contributed by atoms with Crippen LogP contribution in [0, 0.1) is 6.42 Å². The predicted molar refractivity (Wildman–Crippen MR) is 50.1 cm³/mol. The SMILES string of the molecule is [2H]C1C=CC=CC1.[CH]1C=CC=C1.[Rh]. The van der Waals surface area contributed by atoms with Gasteiger partial charge >= 0.3 is 0 Å². The summed E-state index contributed by atoms with van der Waals surface area (Å²) in [5.74, 6) is 0. The number of allylic oxidation sites excluding steroid dienone is 8. The van der Waals surface area contributed by atoms with E-state index in [1.54, 1.807) is 0 Å². The van der Waals surface area contributed by atoms with Gasteiger partial charge in [0, 0.05) is 27.3 Å². The summed E-state index contributed by atoms with van der Waals surface area (Å²) in [6.45, 7) is 0. The summed E-state index contributed by atoms with van der Waals surface area (Å²) in [6, 6.07) is 0. The monoisotopic (exact) mass is 249 g/mol. The van der Waals surface area contributed by atoms with Crippen molar-refractivity contribution in [1.29, 1.82) is 0 Å². The second-order valence-corrected chi connectivity index (χ2v) is 2.25. The fourth-order valence-electron chi connectivity index (χ4n) is 0.778. The van der Waals surface area contributed by atoms with Crippen molar-refractivity contribution in [3.8, 4) is 0 Å². The Balaban J connectivity index is 0.000000215. The molecule has 12 heavy (non-hydrogen) atoms. The predicted octanol–water partition coefficient (Wildman–Crippen LogP) is 3.21. The smallest absolute Gasteiger partial charge is 0.0313 e. The maximum atomic E-state index is 7.13. The fraction of sp³-hybridized carbons (Fsp3) is 0.182. The van der Waals surface area contributed by atoms with E-state index in [9.17, 15) is 0 Å². The first kappa shape index (κ1) is 9.67. The largest absolute Gasteiger partial charge is 0.0842 e. The van der Waals surface area contributed by atoms with Gasteiger partial charge in [0.05, 0.1) is 0 Å². The third kappa shape index (κ3) is 6.30. The zero-order valence-electron chi connectivity index (χ0n) is 7.81. The molecular weight excluding hydrogens is 235 g/mol.